The van der Waals surface area contributed by atoms with Gasteiger partial charge in [0, 0.05) is 0 Å². The second kappa shape index (κ2) is 8.64. The van der Waals surface area contributed by atoms with Gasteiger partial charge in [-0.15, -0.1) is 0 Å². The summed E-state index contributed by atoms with van der Waals surface area (Å²) in [7, 11) is -5.77. The smallest absolute Gasteiger partial charge is 0.283 e. The first-order chi connectivity index (χ1) is 15.7. The van der Waals surface area contributed by atoms with Crippen molar-refractivity contribution in [2.24, 2.45) is 0 Å². The lowest BCUT2D eigenvalue weighted by molar-refractivity contribution is 0.0554. The highest BCUT2D eigenvalue weighted by Gasteiger charge is 2.67. The van der Waals surface area contributed by atoms with Gasteiger partial charge in [-0.1, -0.05) is 121 Å². The van der Waals surface area contributed by atoms with Crippen LogP contribution in [-0.4, -0.2) is 27.9 Å². The average molecular weight is 453 g/mol. The van der Waals surface area contributed by atoms with Gasteiger partial charge < -0.3 is 8.85 Å². The minimum absolute atomic E-state index is 0.00451. The van der Waals surface area contributed by atoms with E-state index in [0.717, 1.165) is 0 Å². The van der Waals surface area contributed by atoms with Crippen LogP contribution in [0.2, 0.25) is 0 Å². The maximum absolute atomic E-state index is 7.36. The Balaban J connectivity index is 1.95. The molecule has 160 valence electrons. The van der Waals surface area contributed by atoms with E-state index in [-0.39, 0.29) is 12.2 Å². The molecule has 4 aromatic rings. The van der Waals surface area contributed by atoms with Crippen molar-refractivity contribution in [3.8, 4) is 0 Å². The fraction of sp³-hybridized carbons (Fsp3) is 0.143. The molecule has 0 spiro atoms. The van der Waals surface area contributed by atoms with Crippen LogP contribution in [0.4, 0.5) is 0 Å². The fourth-order valence-corrected chi connectivity index (χ4v) is 21.3. The van der Waals surface area contributed by atoms with E-state index in [1.165, 1.54) is 20.7 Å². The maximum atomic E-state index is 7.36. The van der Waals surface area contributed by atoms with Crippen LogP contribution in [0.1, 0.15) is 13.8 Å². The van der Waals surface area contributed by atoms with E-state index in [4.69, 9.17) is 8.85 Å². The van der Waals surface area contributed by atoms with Crippen LogP contribution in [0, 0.1) is 0 Å². The Labute approximate surface area is 192 Å². The Morgan fingerprint density at radius 3 is 0.844 bits per heavy atom. The van der Waals surface area contributed by atoms with Gasteiger partial charge in [0.25, 0.3) is 15.7 Å². The molecule has 0 radical (unpaired) electrons. The van der Waals surface area contributed by atoms with Gasteiger partial charge in [-0.05, 0) is 34.6 Å². The lowest BCUT2D eigenvalue weighted by Crippen LogP contribution is -2.91. The molecule has 0 saturated carbocycles. The molecule has 4 heteroatoms. The summed E-state index contributed by atoms with van der Waals surface area (Å²) in [6.45, 7) is 4.32. The molecule has 1 aliphatic rings. The van der Waals surface area contributed by atoms with Crippen molar-refractivity contribution in [2.75, 3.05) is 0 Å². The predicted octanol–water partition coefficient (Wildman–Crippen LogP) is 3.41. The summed E-state index contributed by atoms with van der Waals surface area (Å²) < 4.78 is 14.7. The maximum Gasteiger partial charge on any atom is 0.283 e. The Morgan fingerprint density at radius 2 is 0.625 bits per heavy atom. The fourth-order valence-electron chi connectivity index (χ4n) is 5.03. The normalized spacial score (nSPS) is 21.7. The van der Waals surface area contributed by atoms with Crippen molar-refractivity contribution in [1.29, 1.82) is 0 Å². The number of rotatable bonds is 4. The van der Waals surface area contributed by atoms with Crippen LogP contribution in [0.3, 0.4) is 0 Å². The molecule has 0 bridgehead atoms. The molecule has 1 heterocycles. The van der Waals surface area contributed by atoms with Crippen LogP contribution < -0.4 is 20.7 Å². The van der Waals surface area contributed by atoms with Gasteiger partial charge in [-0.25, -0.2) is 0 Å². The number of hydrogen-bond donors (Lipinski definition) is 0. The third kappa shape index (κ3) is 3.23. The van der Waals surface area contributed by atoms with E-state index in [1.807, 2.05) is 0 Å². The zero-order valence-corrected chi connectivity index (χ0v) is 20.5. The molecule has 0 aliphatic carbocycles. The molecule has 2 atom stereocenters. The average Bonchev–Trinajstić information content (AvgIpc) is 2.87. The van der Waals surface area contributed by atoms with Crippen LogP contribution in [-0.2, 0) is 8.85 Å². The highest BCUT2D eigenvalue weighted by molar-refractivity contribution is 7.55. The summed E-state index contributed by atoms with van der Waals surface area (Å²) in [5, 5.41) is 5.07. The van der Waals surface area contributed by atoms with E-state index in [9.17, 15) is 0 Å². The lowest BCUT2D eigenvalue weighted by Gasteiger charge is -2.54. The first kappa shape index (κ1) is 21.1. The second-order valence-electron chi connectivity index (χ2n) is 8.47. The Kier molecular flexibility index (Phi) is 5.70. The molecule has 5 rings (SSSR count). The standard InChI is InChI=1S/C28H28O2Si2/c1-23-24(2)30-32(27-19-11-5-12-20-27,28-21-13-6-14-22-28)31(29-23,25-15-7-3-8-16-25)26-17-9-4-10-18-26/h3-24H,1-2H3/t23-,24+. The zero-order chi connectivity index (χ0) is 22.0. The first-order valence-corrected chi connectivity index (χ1v) is 16.1. The monoisotopic (exact) mass is 452 g/mol. The molecular weight excluding hydrogens is 424 g/mol. The molecular formula is C28H28O2Si2. The van der Waals surface area contributed by atoms with Crippen molar-refractivity contribution in [2.45, 2.75) is 26.1 Å². The molecule has 2 nitrogen and oxygen atoms in total. The van der Waals surface area contributed by atoms with Gasteiger partial charge in [-0.2, -0.15) is 0 Å². The molecule has 1 saturated heterocycles. The molecule has 32 heavy (non-hydrogen) atoms. The summed E-state index contributed by atoms with van der Waals surface area (Å²) in [6.07, 6.45) is -0.00902. The van der Waals surface area contributed by atoms with E-state index < -0.39 is 15.7 Å². The molecule has 1 fully saturated rings. The third-order valence-electron chi connectivity index (χ3n) is 6.60. The highest BCUT2D eigenvalue weighted by atomic mass is 29.3. The van der Waals surface area contributed by atoms with Gasteiger partial charge in [0.05, 0.1) is 12.2 Å². The van der Waals surface area contributed by atoms with Crippen molar-refractivity contribution >= 4 is 36.4 Å². The van der Waals surface area contributed by atoms with Crippen LogP contribution in [0.5, 0.6) is 0 Å². The highest BCUT2D eigenvalue weighted by Crippen LogP contribution is 2.32. The second-order valence-corrected chi connectivity index (χ2v) is 18.2. The molecule has 0 unspecified atom stereocenters. The van der Waals surface area contributed by atoms with Crippen molar-refractivity contribution in [3.63, 3.8) is 0 Å². The van der Waals surface area contributed by atoms with E-state index in [2.05, 4.69) is 135 Å². The lowest BCUT2D eigenvalue weighted by atomic mass is 10.3. The largest absolute Gasteiger partial charge is 0.402 e. The molecule has 4 aromatic carbocycles. The first-order valence-electron chi connectivity index (χ1n) is 11.3. The molecule has 0 aromatic heterocycles. The van der Waals surface area contributed by atoms with E-state index in [0.29, 0.717) is 0 Å². The summed E-state index contributed by atoms with van der Waals surface area (Å²) in [6, 6.07) is 43.4. The minimum Gasteiger partial charge on any atom is -0.402 e. The minimum atomic E-state index is -2.88. The van der Waals surface area contributed by atoms with Crippen molar-refractivity contribution < 1.29 is 8.85 Å². The molecule has 0 N–H and O–H groups in total. The molecule has 1 aliphatic heterocycles. The quantitative estimate of drug-likeness (QED) is 0.442. The summed E-state index contributed by atoms with van der Waals surface area (Å²) >= 11 is 0. The Morgan fingerprint density at radius 1 is 0.406 bits per heavy atom. The predicted molar refractivity (Wildman–Crippen MR) is 137 cm³/mol. The van der Waals surface area contributed by atoms with Gasteiger partial charge in [-0.3, -0.25) is 0 Å². The zero-order valence-electron chi connectivity index (χ0n) is 18.5. The van der Waals surface area contributed by atoms with E-state index in [1.54, 1.807) is 0 Å². The summed E-state index contributed by atoms with van der Waals surface area (Å²) in [4.78, 5) is 0. The van der Waals surface area contributed by atoms with Crippen LogP contribution in [0.25, 0.3) is 0 Å². The van der Waals surface area contributed by atoms with Gasteiger partial charge in [0.15, 0.2) is 0 Å². The third-order valence-corrected chi connectivity index (χ3v) is 20.8. The molecule has 0 amide bonds. The topological polar surface area (TPSA) is 18.5 Å². The van der Waals surface area contributed by atoms with Crippen molar-refractivity contribution in [3.05, 3.63) is 121 Å². The SMILES string of the molecule is C[C@@H]1O[Si](c2ccccc2)(c2ccccc2)[Si](c2ccccc2)(c2ccccc2)O[C@@H]1C. The Bertz CT molecular complexity index is 977. The number of benzene rings is 4. The summed E-state index contributed by atoms with van der Waals surface area (Å²) in [5.74, 6) is 0. The Hall–Kier alpha value is -2.77. The summed E-state index contributed by atoms with van der Waals surface area (Å²) in [5.41, 5.74) is 0. The van der Waals surface area contributed by atoms with Crippen molar-refractivity contribution in [1.82, 2.24) is 0 Å². The van der Waals surface area contributed by atoms with Crippen LogP contribution in [0.15, 0.2) is 121 Å². The van der Waals surface area contributed by atoms with Gasteiger partial charge in [0.1, 0.15) is 0 Å². The van der Waals surface area contributed by atoms with Crippen LogP contribution >= 0.6 is 0 Å². The van der Waals surface area contributed by atoms with Gasteiger partial charge >= 0.3 is 0 Å². The number of hydrogen-bond acceptors (Lipinski definition) is 2. The van der Waals surface area contributed by atoms with E-state index >= 15 is 0 Å². The van der Waals surface area contributed by atoms with Gasteiger partial charge in [0.2, 0.25) is 0 Å².